The van der Waals surface area contributed by atoms with Gasteiger partial charge in [0.2, 0.25) is 5.91 Å². The predicted octanol–water partition coefficient (Wildman–Crippen LogP) is 1.68. The number of methoxy groups -OCH3 is 1. The van der Waals surface area contributed by atoms with Crippen molar-refractivity contribution in [2.45, 2.75) is 17.5 Å². The Hall–Kier alpha value is -3.07. The van der Waals surface area contributed by atoms with Crippen LogP contribution in [0.5, 0.6) is 5.75 Å². The average Bonchev–Trinajstić information content (AvgIpc) is 2.91. The third kappa shape index (κ3) is 3.87. The highest BCUT2D eigenvalue weighted by Gasteiger charge is 2.50. The molecule has 1 unspecified atom stereocenters. The van der Waals surface area contributed by atoms with Gasteiger partial charge >= 0.3 is 6.03 Å². The maximum absolute atomic E-state index is 12.8. The van der Waals surface area contributed by atoms with E-state index in [0.717, 1.165) is 0 Å². The summed E-state index contributed by atoms with van der Waals surface area (Å²) < 4.78 is 5.10. The van der Waals surface area contributed by atoms with Crippen LogP contribution >= 0.6 is 11.8 Å². The zero-order valence-corrected chi connectivity index (χ0v) is 15.6. The van der Waals surface area contributed by atoms with E-state index in [1.807, 2.05) is 6.07 Å². The number of urea groups is 1. The second-order valence-corrected chi connectivity index (χ2v) is 6.91. The Labute approximate surface area is 160 Å². The molecule has 1 aliphatic heterocycles. The highest BCUT2D eigenvalue weighted by Crippen LogP contribution is 2.29. The zero-order valence-electron chi connectivity index (χ0n) is 14.8. The number of nitrogens with one attached hydrogen (secondary N) is 2. The fraction of sp³-hybridized carbons (Fsp3) is 0.222. The molecule has 1 fully saturated rings. The number of hydrazine groups is 1. The second kappa shape index (κ2) is 7.67. The Morgan fingerprint density at radius 3 is 2.63 bits per heavy atom. The molecule has 1 aromatic heterocycles. The zero-order chi connectivity index (χ0) is 19.4. The van der Waals surface area contributed by atoms with E-state index in [2.05, 4.69) is 15.7 Å². The number of carbonyl (C=O) groups is 3. The van der Waals surface area contributed by atoms with Crippen molar-refractivity contribution in [2.24, 2.45) is 0 Å². The van der Waals surface area contributed by atoms with Crippen molar-refractivity contribution < 1.29 is 19.1 Å². The van der Waals surface area contributed by atoms with E-state index in [1.54, 1.807) is 56.6 Å². The van der Waals surface area contributed by atoms with Gasteiger partial charge in [-0.15, -0.1) is 0 Å². The lowest BCUT2D eigenvalue weighted by Crippen LogP contribution is -2.48. The Bertz CT molecular complexity index is 859. The van der Waals surface area contributed by atoms with Crippen LogP contribution in [0.2, 0.25) is 0 Å². The molecule has 1 aliphatic rings. The van der Waals surface area contributed by atoms with Crippen molar-refractivity contribution in [1.82, 2.24) is 20.7 Å². The fourth-order valence-corrected chi connectivity index (χ4v) is 3.24. The summed E-state index contributed by atoms with van der Waals surface area (Å²) in [4.78, 5) is 41.3. The summed E-state index contributed by atoms with van der Waals surface area (Å²) in [5.41, 5.74) is 1.67. The number of imide groups is 1. The average molecular weight is 386 g/mol. The first kappa shape index (κ1) is 18.7. The van der Waals surface area contributed by atoms with Gasteiger partial charge in [-0.1, -0.05) is 30.0 Å². The molecule has 4 amide bonds. The molecule has 0 bridgehead atoms. The predicted molar refractivity (Wildman–Crippen MR) is 98.8 cm³/mol. The normalized spacial score (nSPS) is 19.0. The van der Waals surface area contributed by atoms with Crippen LogP contribution in [-0.2, 0) is 15.1 Å². The maximum Gasteiger partial charge on any atom is 0.344 e. The number of benzene rings is 1. The van der Waals surface area contributed by atoms with Crippen LogP contribution in [0.15, 0.2) is 53.7 Å². The van der Waals surface area contributed by atoms with Gasteiger partial charge in [-0.2, -0.15) is 5.01 Å². The van der Waals surface area contributed by atoms with Gasteiger partial charge in [0.05, 0.1) is 17.9 Å². The fourth-order valence-electron chi connectivity index (χ4n) is 2.59. The minimum Gasteiger partial charge on any atom is -0.497 e. The van der Waals surface area contributed by atoms with E-state index >= 15 is 0 Å². The maximum atomic E-state index is 12.8. The summed E-state index contributed by atoms with van der Waals surface area (Å²) in [5, 5.41) is 4.01. The number of nitrogens with zero attached hydrogens (tertiary/aromatic N) is 2. The van der Waals surface area contributed by atoms with Crippen LogP contribution in [0.3, 0.4) is 0 Å². The van der Waals surface area contributed by atoms with Crippen LogP contribution in [0, 0.1) is 0 Å². The van der Waals surface area contributed by atoms with E-state index in [9.17, 15) is 14.4 Å². The summed E-state index contributed by atoms with van der Waals surface area (Å²) in [6.07, 6.45) is 1.62. The van der Waals surface area contributed by atoms with Crippen molar-refractivity contribution in [3.05, 3.63) is 54.2 Å². The summed E-state index contributed by atoms with van der Waals surface area (Å²) in [5.74, 6) is -0.384. The molecule has 0 aliphatic carbocycles. The molecule has 1 atom stereocenters. The van der Waals surface area contributed by atoms with Crippen molar-refractivity contribution >= 4 is 29.6 Å². The highest BCUT2D eigenvalue weighted by molar-refractivity contribution is 7.99. The molecule has 2 N–H and O–H groups in total. The van der Waals surface area contributed by atoms with Crippen LogP contribution < -0.4 is 15.5 Å². The number of aromatic nitrogens is 1. The Kier molecular flexibility index (Phi) is 5.31. The van der Waals surface area contributed by atoms with Gasteiger partial charge in [0.1, 0.15) is 11.3 Å². The Balaban J connectivity index is 1.67. The molecular weight excluding hydrogens is 368 g/mol. The summed E-state index contributed by atoms with van der Waals surface area (Å²) in [6, 6.07) is 11.5. The van der Waals surface area contributed by atoms with Crippen LogP contribution in [0.4, 0.5) is 4.79 Å². The standard InChI is InChI=1S/C18H18N4O4S/c1-18(12-6-8-13(26-2)9-7-12)16(24)22(17(25)20-18)21-14(23)11-27-15-5-3-4-10-19-15/h3-10H,11H2,1-2H3,(H,20,25)(H,21,23). The molecule has 2 aromatic rings. The quantitative estimate of drug-likeness (QED) is 0.579. The van der Waals surface area contributed by atoms with E-state index in [1.165, 1.54) is 11.8 Å². The molecule has 0 radical (unpaired) electrons. The van der Waals surface area contributed by atoms with E-state index in [4.69, 9.17) is 4.74 Å². The lowest BCUT2D eigenvalue weighted by Gasteiger charge is -2.22. The number of amides is 4. The molecule has 27 heavy (non-hydrogen) atoms. The van der Waals surface area contributed by atoms with Gasteiger partial charge in [0, 0.05) is 6.20 Å². The summed E-state index contributed by atoms with van der Waals surface area (Å²) in [7, 11) is 1.54. The number of hydrogen-bond donors (Lipinski definition) is 2. The number of pyridine rings is 1. The van der Waals surface area contributed by atoms with Crippen LogP contribution in [0.1, 0.15) is 12.5 Å². The van der Waals surface area contributed by atoms with Gasteiger partial charge in [0.15, 0.2) is 0 Å². The SMILES string of the molecule is COc1ccc(C2(C)NC(=O)N(NC(=O)CSc3ccccn3)C2=O)cc1. The minimum absolute atomic E-state index is 0.0212. The van der Waals surface area contributed by atoms with Gasteiger partial charge in [-0.05, 0) is 36.8 Å². The Morgan fingerprint density at radius 2 is 2.00 bits per heavy atom. The molecule has 0 spiro atoms. The van der Waals surface area contributed by atoms with Crippen molar-refractivity contribution in [3.63, 3.8) is 0 Å². The first-order valence-electron chi connectivity index (χ1n) is 8.08. The number of rotatable bonds is 6. The van der Waals surface area contributed by atoms with Crippen LogP contribution in [-0.4, -0.2) is 40.7 Å². The largest absolute Gasteiger partial charge is 0.497 e. The number of hydrogen-bond acceptors (Lipinski definition) is 6. The first-order valence-corrected chi connectivity index (χ1v) is 9.07. The van der Waals surface area contributed by atoms with E-state index in [-0.39, 0.29) is 5.75 Å². The molecule has 2 heterocycles. The number of thioether (sulfide) groups is 1. The number of carbonyl (C=O) groups excluding carboxylic acids is 3. The van der Waals surface area contributed by atoms with Gasteiger partial charge in [-0.25, -0.2) is 9.78 Å². The van der Waals surface area contributed by atoms with Gasteiger partial charge in [-0.3, -0.25) is 15.0 Å². The van der Waals surface area contributed by atoms with Crippen LogP contribution in [0.25, 0.3) is 0 Å². The molecule has 8 nitrogen and oxygen atoms in total. The monoisotopic (exact) mass is 386 g/mol. The molecule has 1 saturated heterocycles. The lowest BCUT2D eigenvalue weighted by atomic mass is 9.92. The minimum atomic E-state index is -1.27. The van der Waals surface area contributed by atoms with Gasteiger partial charge in [0.25, 0.3) is 5.91 Å². The molecule has 140 valence electrons. The topological polar surface area (TPSA) is 101 Å². The molecular formula is C18H18N4O4S. The second-order valence-electron chi connectivity index (χ2n) is 5.92. The highest BCUT2D eigenvalue weighted by atomic mass is 32.2. The lowest BCUT2D eigenvalue weighted by molar-refractivity contribution is -0.138. The summed E-state index contributed by atoms with van der Waals surface area (Å²) in [6.45, 7) is 1.59. The van der Waals surface area contributed by atoms with E-state index in [0.29, 0.717) is 21.3 Å². The van der Waals surface area contributed by atoms with Crippen molar-refractivity contribution in [1.29, 1.82) is 0 Å². The van der Waals surface area contributed by atoms with Gasteiger partial charge < -0.3 is 10.1 Å². The molecule has 9 heteroatoms. The molecule has 0 saturated carbocycles. The first-order chi connectivity index (χ1) is 12.9. The molecule has 3 rings (SSSR count). The number of ether oxygens (including phenoxy) is 1. The Morgan fingerprint density at radius 1 is 1.26 bits per heavy atom. The third-order valence-corrected chi connectivity index (χ3v) is 5.03. The van der Waals surface area contributed by atoms with E-state index < -0.39 is 23.4 Å². The third-order valence-electron chi connectivity index (χ3n) is 4.08. The smallest absolute Gasteiger partial charge is 0.344 e. The van der Waals surface area contributed by atoms with Crippen molar-refractivity contribution in [3.8, 4) is 5.75 Å². The summed E-state index contributed by atoms with van der Waals surface area (Å²) >= 11 is 1.21. The molecule has 1 aromatic carbocycles. The van der Waals surface area contributed by atoms with Crippen molar-refractivity contribution in [2.75, 3.05) is 12.9 Å².